The van der Waals surface area contributed by atoms with Gasteiger partial charge in [0.25, 0.3) is 0 Å². The lowest BCUT2D eigenvalue weighted by Crippen LogP contribution is -2.68. The fraction of sp³-hybridized carbons (Fsp3) is 0.943. The number of carbonyl (C=O) groups excluding carboxylic acids is 2. The minimum absolute atomic E-state index is 0.0282. The molecular formula is C35H58N2O5. The van der Waals surface area contributed by atoms with Gasteiger partial charge in [-0.05, 0) is 130 Å². The van der Waals surface area contributed by atoms with Crippen LogP contribution in [-0.4, -0.2) is 57.5 Å². The van der Waals surface area contributed by atoms with Gasteiger partial charge in [-0.25, -0.2) is 0 Å². The lowest BCUT2D eigenvalue weighted by Gasteiger charge is -2.71. The second-order valence-electron chi connectivity index (χ2n) is 17.7. The van der Waals surface area contributed by atoms with Gasteiger partial charge in [0.15, 0.2) is 0 Å². The molecule has 0 unspecified atom stereocenters. The van der Waals surface area contributed by atoms with Gasteiger partial charge in [0.05, 0.1) is 23.4 Å². The van der Waals surface area contributed by atoms with Gasteiger partial charge in [0.1, 0.15) is 6.04 Å². The van der Waals surface area contributed by atoms with E-state index in [1.807, 2.05) is 13.8 Å². The number of aliphatic hydroxyl groups is 2. The Hall–Kier alpha value is -1.18. The first kappa shape index (κ1) is 30.8. The van der Waals surface area contributed by atoms with Gasteiger partial charge in [-0.15, -0.1) is 0 Å². The number of hydrogen-bond donors (Lipinski definition) is 4. The summed E-state index contributed by atoms with van der Waals surface area (Å²) in [5.74, 6) is 1.32. The predicted octanol–water partition coefficient (Wildman–Crippen LogP) is 5.11. The summed E-state index contributed by atoms with van der Waals surface area (Å²) in [5, 5.41) is 29.1. The quantitative estimate of drug-likeness (QED) is 0.366. The molecule has 4 aliphatic carbocycles. The van der Waals surface area contributed by atoms with E-state index < -0.39 is 11.6 Å². The molecule has 0 aromatic carbocycles. The Labute approximate surface area is 253 Å². The molecular weight excluding hydrogens is 528 g/mol. The highest BCUT2D eigenvalue weighted by molar-refractivity contribution is 5.90. The monoisotopic (exact) mass is 586 g/mol. The van der Waals surface area contributed by atoms with E-state index in [1.165, 1.54) is 0 Å². The molecule has 42 heavy (non-hydrogen) atoms. The topological polar surface area (TPSA) is 108 Å². The number of hydrogen-bond acceptors (Lipinski definition) is 5. The molecule has 4 saturated carbocycles. The minimum Gasteiger partial charge on any atom is -0.393 e. The van der Waals surface area contributed by atoms with E-state index in [9.17, 15) is 19.8 Å². The van der Waals surface area contributed by atoms with Gasteiger partial charge < -0.3 is 25.6 Å². The van der Waals surface area contributed by atoms with Crippen LogP contribution in [0.25, 0.3) is 0 Å². The summed E-state index contributed by atoms with van der Waals surface area (Å²) in [6.45, 7) is 18.2. The molecule has 2 amide bonds. The Morgan fingerprint density at radius 3 is 2.24 bits per heavy atom. The van der Waals surface area contributed by atoms with Crippen LogP contribution in [0.3, 0.4) is 0 Å². The van der Waals surface area contributed by atoms with E-state index >= 15 is 0 Å². The first-order valence-corrected chi connectivity index (χ1v) is 17.0. The number of ether oxygens (including phenoxy) is 1. The van der Waals surface area contributed by atoms with Gasteiger partial charge in [-0.3, -0.25) is 9.59 Å². The van der Waals surface area contributed by atoms with Crippen molar-refractivity contribution in [2.75, 3.05) is 0 Å². The molecule has 2 aliphatic heterocycles. The number of fused-ring (bicyclic) bond motifs is 5. The van der Waals surface area contributed by atoms with Crippen molar-refractivity contribution in [1.29, 1.82) is 0 Å². The summed E-state index contributed by atoms with van der Waals surface area (Å²) < 4.78 is 6.71. The molecule has 0 aromatic heterocycles. The molecule has 7 heteroatoms. The second kappa shape index (κ2) is 9.66. The van der Waals surface area contributed by atoms with Gasteiger partial charge >= 0.3 is 0 Å². The summed E-state index contributed by atoms with van der Waals surface area (Å²) >= 11 is 0. The fourth-order valence-electron chi connectivity index (χ4n) is 12.4. The summed E-state index contributed by atoms with van der Waals surface area (Å²) in [4.78, 5) is 24.9. The highest BCUT2D eigenvalue weighted by Crippen LogP contribution is 2.76. The second-order valence-corrected chi connectivity index (χ2v) is 17.7. The molecule has 0 spiro atoms. The summed E-state index contributed by atoms with van der Waals surface area (Å²) in [6, 6.07) is -0.317. The van der Waals surface area contributed by atoms with Crippen LogP contribution in [0.15, 0.2) is 0 Å². The summed E-state index contributed by atoms with van der Waals surface area (Å²) in [5.41, 5.74) is -0.998. The van der Waals surface area contributed by atoms with Crippen molar-refractivity contribution in [3.05, 3.63) is 0 Å². The van der Waals surface area contributed by atoms with Crippen LogP contribution in [0, 0.1) is 45.3 Å². The zero-order valence-electron chi connectivity index (χ0n) is 27.5. The van der Waals surface area contributed by atoms with Gasteiger partial charge in [0.2, 0.25) is 11.8 Å². The van der Waals surface area contributed by atoms with Gasteiger partial charge in [-0.1, -0.05) is 34.6 Å². The maximum absolute atomic E-state index is 13.1. The Balaban J connectivity index is 1.24. The molecule has 12 atom stereocenters. The maximum Gasteiger partial charge on any atom is 0.242 e. The van der Waals surface area contributed by atoms with Crippen molar-refractivity contribution in [2.24, 2.45) is 45.3 Å². The third-order valence-corrected chi connectivity index (χ3v) is 14.9. The van der Waals surface area contributed by atoms with E-state index in [-0.39, 0.29) is 63.2 Å². The van der Waals surface area contributed by atoms with Crippen molar-refractivity contribution in [1.82, 2.24) is 10.6 Å². The average molecular weight is 587 g/mol. The van der Waals surface area contributed by atoms with Gasteiger partial charge in [-0.2, -0.15) is 0 Å². The Bertz CT molecular complexity index is 1120. The molecule has 7 nitrogen and oxygen atoms in total. The van der Waals surface area contributed by atoms with Crippen LogP contribution in [0.2, 0.25) is 0 Å². The number of rotatable bonds is 4. The maximum atomic E-state index is 13.1. The Morgan fingerprint density at radius 2 is 1.62 bits per heavy atom. The molecule has 4 N–H and O–H groups in total. The van der Waals surface area contributed by atoms with Crippen LogP contribution in [0.5, 0.6) is 0 Å². The third kappa shape index (κ3) is 4.29. The molecule has 0 aromatic rings. The average Bonchev–Trinajstić information content (AvgIpc) is 3.60. The van der Waals surface area contributed by atoms with E-state index in [0.29, 0.717) is 30.6 Å². The zero-order chi connectivity index (χ0) is 30.7. The van der Waals surface area contributed by atoms with Crippen molar-refractivity contribution in [2.45, 2.75) is 162 Å². The Morgan fingerprint density at radius 1 is 0.929 bits per heavy atom. The van der Waals surface area contributed by atoms with Crippen LogP contribution in [-0.2, 0) is 14.3 Å². The molecule has 238 valence electrons. The molecule has 0 bridgehead atoms. The lowest BCUT2D eigenvalue weighted by atomic mass is 9.35. The zero-order valence-corrected chi connectivity index (χ0v) is 27.5. The highest BCUT2D eigenvalue weighted by Gasteiger charge is 2.72. The molecule has 2 heterocycles. The van der Waals surface area contributed by atoms with Crippen LogP contribution in [0.1, 0.15) is 126 Å². The molecule has 6 aliphatic rings. The predicted molar refractivity (Wildman–Crippen MR) is 162 cm³/mol. The van der Waals surface area contributed by atoms with Crippen molar-refractivity contribution in [3.63, 3.8) is 0 Å². The number of amides is 2. The molecule has 2 saturated heterocycles. The third-order valence-electron chi connectivity index (χ3n) is 14.9. The van der Waals surface area contributed by atoms with Crippen LogP contribution in [0.4, 0.5) is 0 Å². The number of aliphatic hydroxyl groups excluding tert-OH is 1. The van der Waals surface area contributed by atoms with Crippen molar-refractivity contribution < 1.29 is 24.5 Å². The smallest absolute Gasteiger partial charge is 0.242 e. The van der Waals surface area contributed by atoms with E-state index in [4.69, 9.17) is 4.74 Å². The largest absolute Gasteiger partial charge is 0.393 e. The van der Waals surface area contributed by atoms with Crippen molar-refractivity contribution in [3.8, 4) is 0 Å². The lowest BCUT2D eigenvalue weighted by molar-refractivity contribution is -0.240. The van der Waals surface area contributed by atoms with E-state index in [0.717, 1.165) is 57.8 Å². The summed E-state index contributed by atoms with van der Waals surface area (Å²) in [6.07, 6.45) is 9.62. The van der Waals surface area contributed by atoms with Crippen LogP contribution < -0.4 is 10.6 Å². The molecule has 6 rings (SSSR count). The number of carbonyl (C=O) groups is 2. The fourth-order valence-corrected chi connectivity index (χ4v) is 12.4. The SMILES string of the molecule is CC(C)(O)[C@H]1CC[C@@](C)([C@H]2CC[C@]3(C)[C@@H]2[C@H](O)C[C@@H]2[C@@]4(C)CC[C@H](NC(=O)[C@@H]5CCC(=O)N5)C(C)(C)[C@@H]4CC[C@]23C)O1. The molecule has 0 radical (unpaired) electrons. The summed E-state index contributed by atoms with van der Waals surface area (Å²) in [7, 11) is 0. The van der Waals surface area contributed by atoms with E-state index in [1.54, 1.807) is 0 Å². The van der Waals surface area contributed by atoms with Crippen molar-refractivity contribution >= 4 is 11.8 Å². The standard InChI is InChI=1S/C35H58N2O5/c1-30(2)23-12-17-33(6)24(32(23,5)15-13-25(30)37-29(40)21-9-10-27(39)36-21)19-22(38)28-20(11-16-34(28,33)7)35(8)18-14-26(42-35)31(3,4)41/h20-26,28,38,41H,9-19H2,1-8H3,(H,36,39)(H,37,40)/t20-,21-,22+,23-,24+,25-,26+,28-,32-,33+,34+,35-/m0/s1. The number of nitrogens with one attached hydrogen (secondary N) is 2. The Kier molecular flexibility index (Phi) is 7.09. The van der Waals surface area contributed by atoms with Crippen LogP contribution >= 0.6 is 0 Å². The normalized spacial score (nSPS) is 51.8. The van der Waals surface area contributed by atoms with Gasteiger partial charge in [0, 0.05) is 12.5 Å². The highest BCUT2D eigenvalue weighted by atomic mass is 16.5. The minimum atomic E-state index is -0.856. The molecule has 6 fully saturated rings. The first-order valence-electron chi connectivity index (χ1n) is 17.0. The van der Waals surface area contributed by atoms with E-state index in [2.05, 4.69) is 52.2 Å². The first-order chi connectivity index (χ1) is 19.4.